The average Bonchev–Trinajstić information content (AvgIpc) is 3.21. The highest BCUT2D eigenvalue weighted by atomic mass is 32.2. The summed E-state index contributed by atoms with van der Waals surface area (Å²) in [4.78, 5) is 13.4. The first kappa shape index (κ1) is 19.1. The summed E-state index contributed by atoms with van der Waals surface area (Å²) in [6, 6.07) is 1.94. The molecule has 28 heavy (non-hydrogen) atoms. The molecule has 0 fully saturated rings. The summed E-state index contributed by atoms with van der Waals surface area (Å²) in [5, 5.41) is 9.08. The van der Waals surface area contributed by atoms with E-state index in [2.05, 4.69) is 25.1 Å². The molecule has 4 rings (SSSR count). The maximum atomic E-state index is 5.99. The second kappa shape index (κ2) is 9.31. The first-order chi connectivity index (χ1) is 13.9. The summed E-state index contributed by atoms with van der Waals surface area (Å²) in [5.74, 6) is 0.904. The van der Waals surface area contributed by atoms with Gasteiger partial charge in [0.15, 0.2) is 5.65 Å². The highest BCUT2D eigenvalue weighted by Gasteiger charge is 2.26. The highest BCUT2D eigenvalue weighted by Crippen LogP contribution is 2.45. The number of H-pyrrole nitrogens is 1. The molecule has 9 heteroatoms. The number of nitrogens with zero attached hydrogens (tertiary/aromatic N) is 4. The maximum absolute atomic E-state index is 5.99. The van der Waals surface area contributed by atoms with Crippen molar-refractivity contribution in [1.82, 2.24) is 25.1 Å². The molecule has 0 spiro atoms. The van der Waals surface area contributed by atoms with E-state index in [4.69, 9.17) is 14.2 Å². The number of ether oxygens (including phenoxy) is 3. The van der Waals surface area contributed by atoms with Crippen LogP contribution in [0.5, 0.6) is 5.75 Å². The Labute approximate surface area is 167 Å². The van der Waals surface area contributed by atoms with Crippen molar-refractivity contribution in [3.8, 4) is 5.75 Å². The second-order valence-electron chi connectivity index (χ2n) is 6.44. The number of rotatable bonds is 9. The maximum Gasteiger partial charge on any atom is 0.159 e. The van der Waals surface area contributed by atoms with Crippen molar-refractivity contribution in [2.24, 2.45) is 0 Å². The van der Waals surface area contributed by atoms with Gasteiger partial charge in [0.05, 0.1) is 42.3 Å². The van der Waals surface area contributed by atoms with Crippen molar-refractivity contribution in [1.29, 1.82) is 0 Å². The fourth-order valence-electron chi connectivity index (χ4n) is 3.30. The zero-order valence-corrected chi connectivity index (χ0v) is 16.6. The summed E-state index contributed by atoms with van der Waals surface area (Å²) >= 11 is 1.72. The van der Waals surface area contributed by atoms with E-state index in [0.29, 0.717) is 26.4 Å². The third-order valence-corrected chi connectivity index (χ3v) is 5.92. The van der Waals surface area contributed by atoms with Gasteiger partial charge in [0.1, 0.15) is 23.7 Å². The predicted molar refractivity (Wildman–Crippen MR) is 106 cm³/mol. The summed E-state index contributed by atoms with van der Waals surface area (Å²) in [7, 11) is 1.66. The molecule has 1 atom stereocenters. The van der Waals surface area contributed by atoms with E-state index in [1.807, 2.05) is 12.3 Å². The number of hydrogen-bond acceptors (Lipinski definition) is 8. The number of pyridine rings is 1. The summed E-state index contributed by atoms with van der Waals surface area (Å²) < 4.78 is 16.4. The van der Waals surface area contributed by atoms with Crippen LogP contribution in [0.2, 0.25) is 0 Å². The Morgan fingerprint density at radius 1 is 1.18 bits per heavy atom. The molecule has 1 aliphatic carbocycles. The zero-order chi connectivity index (χ0) is 19.2. The minimum Gasteiger partial charge on any atom is -0.491 e. The van der Waals surface area contributed by atoms with Gasteiger partial charge < -0.3 is 14.2 Å². The smallest absolute Gasteiger partial charge is 0.159 e. The van der Waals surface area contributed by atoms with E-state index in [9.17, 15) is 0 Å². The Kier molecular flexibility index (Phi) is 6.35. The molecule has 0 saturated heterocycles. The average molecular weight is 401 g/mol. The number of thioether (sulfide) groups is 1. The molecule has 148 valence electrons. The van der Waals surface area contributed by atoms with Gasteiger partial charge in [-0.05, 0) is 25.3 Å². The molecule has 3 aromatic heterocycles. The number of methoxy groups -OCH3 is 1. The van der Waals surface area contributed by atoms with Gasteiger partial charge in [0, 0.05) is 18.9 Å². The van der Waals surface area contributed by atoms with Crippen molar-refractivity contribution in [3.63, 3.8) is 0 Å². The Morgan fingerprint density at radius 2 is 2.11 bits per heavy atom. The Hall–Kier alpha value is -2.23. The topological polar surface area (TPSA) is 95.0 Å². The molecular weight excluding hydrogens is 378 g/mol. The minimum atomic E-state index is 0.234. The molecule has 1 N–H and O–H groups in total. The number of fused-ring (bicyclic) bond motifs is 2. The van der Waals surface area contributed by atoms with Crippen LogP contribution < -0.4 is 4.74 Å². The SMILES string of the molecule is COCCOCCOc1ccnc2c1CCCC2Sc1ncnc2[nH]ncc12. The van der Waals surface area contributed by atoms with Crippen molar-refractivity contribution in [2.75, 3.05) is 33.5 Å². The van der Waals surface area contributed by atoms with E-state index in [1.54, 1.807) is 31.4 Å². The molecule has 0 aliphatic heterocycles. The largest absolute Gasteiger partial charge is 0.491 e. The van der Waals surface area contributed by atoms with Crippen LogP contribution in [0.4, 0.5) is 0 Å². The lowest BCUT2D eigenvalue weighted by Gasteiger charge is -2.25. The van der Waals surface area contributed by atoms with Crippen LogP contribution in [-0.4, -0.2) is 58.7 Å². The summed E-state index contributed by atoms with van der Waals surface area (Å²) in [5.41, 5.74) is 3.04. The lowest BCUT2D eigenvalue weighted by molar-refractivity contribution is 0.0542. The highest BCUT2D eigenvalue weighted by molar-refractivity contribution is 7.99. The quantitative estimate of drug-likeness (QED) is 0.432. The van der Waals surface area contributed by atoms with Crippen LogP contribution in [0.1, 0.15) is 29.3 Å². The van der Waals surface area contributed by atoms with Gasteiger partial charge in [0.2, 0.25) is 0 Å². The lowest BCUT2D eigenvalue weighted by atomic mass is 9.95. The third-order valence-electron chi connectivity index (χ3n) is 4.63. The molecule has 0 radical (unpaired) electrons. The normalized spacial score (nSPS) is 16.2. The third kappa shape index (κ3) is 4.26. The van der Waals surface area contributed by atoms with Gasteiger partial charge in [0.25, 0.3) is 0 Å². The molecule has 3 heterocycles. The minimum absolute atomic E-state index is 0.234. The van der Waals surface area contributed by atoms with Crippen LogP contribution in [0.25, 0.3) is 11.0 Å². The fourth-order valence-corrected chi connectivity index (χ4v) is 4.55. The molecular formula is C19H23N5O3S. The lowest BCUT2D eigenvalue weighted by Crippen LogP contribution is -2.14. The second-order valence-corrected chi connectivity index (χ2v) is 7.63. The van der Waals surface area contributed by atoms with Crippen LogP contribution in [0.15, 0.2) is 29.8 Å². The summed E-state index contributed by atoms with van der Waals surface area (Å²) in [6.07, 6.45) is 8.30. The molecule has 1 aliphatic rings. The molecule has 0 bridgehead atoms. The van der Waals surface area contributed by atoms with Crippen LogP contribution >= 0.6 is 11.8 Å². The van der Waals surface area contributed by atoms with E-state index in [-0.39, 0.29) is 5.25 Å². The number of aromatic amines is 1. The van der Waals surface area contributed by atoms with Crippen LogP contribution in [-0.2, 0) is 15.9 Å². The van der Waals surface area contributed by atoms with E-state index >= 15 is 0 Å². The molecule has 0 amide bonds. The molecule has 0 saturated carbocycles. The Balaban J connectivity index is 1.46. The van der Waals surface area contributed by atoms with Crippen molar-refractivity contribution in [2.45, 2.75) is 29.5 Å². The van der Waals surface area contributed by atoms with Crippen molar-refractivity contribution in [3.05, 3.63) is 36.0 Å². The number of nitrogens with one attached hydrogen (secondary N) is 1. The molecule has 3 aromatic rings. The van der Waals surface area contributed by atoms with Gasteiger partial charge in [-0.1, -0.05) is 11.8 Å². The molecule has 0 aromatic carbocycles. The monoisotopic (exact) mass is 401 g/mol. The van der Waals surface area contributed by atoms with E-state index in [0.717, 1.165) is 46.8 Å². The van der Waals surface area contributed by atoms with Crippen molar-refractivity contribution < 1.29 is 14.2 Å². The van der Waals surface area contributed by atoms with Crippen molar-refractivity contribution >= 4 is 22.8 Å². The standard InChI is InChI=1S/C19H23N5O3S/c1-25-7-8-26-9-10-27-15-5-6-20-17-13(15)3-2-4-16(17)28-19-14-11-23-24-18(14)21-12-22-19/h5-6,11-12,16H,2-4,7-10H2,1H3,(H,21,22,23,24). The van der Waals surface area contributed by atoms with Gasteiger partial charge in [-0.2, -0.15) is 5.10 Å². The predicted octanol–water partition coefficient (Wildman–Crippen LogP) is 2.96. The van der Waals surface area contributed by atoms with E-state index in [1.165, 1.54) is 5.56 Å². The van der Waals surface area contributed by atoms with Gasteiger partial charge in [-0.25, -0.2) is 9.97 Å². The Bertz CT molecular complexity index is 919. The number of hydrogen-bond donors (Lipinski definition) is 1. The van der Waals surface area contributed by atoms with Crippen LogP contribution in [0.3, 0.4) is 0 Å². The van der Waals surface area contributed by atoms with Gasteiger partial charge in [-0.15, -0.1) is 0 Å². The first-order valence-corrected chi connectivity index (χ1v) is 10.2. The zero-order valence-electron chi connectivity index (χ0n) is 15.8. The van der Waals surface area contributed by atoms with Gasteiger partial charge >= 0.3 is 0 Å². The van der Waals surface area contributed by atoms with E-state index < -0.39 is 0 Å². The first-order valence-electron chi connectivity index (χ1n) is 9.35. The molecule has 1 unspecified atom stereocenters. The van der Waals surface area contributed by atoms with Crippen LogP contribution in [0, 0.1) is 0 Å². The summed E-state index contributed by atoms with van der Waals surface area (Å²) in [6.45, 7) is 2.22. The number of aromatic nitrogens is 5. The van der Waals surface area contributed by atoms with Gasteiger partial charge in [-0.3, -0.25) is 10.1 Å². The fraction of sp³-hybridized carbons (Fsp3) is 0.474. The Morgan fingerprint density at radius 3 is 3.04 bits per heavy atom. The molecule has 8 nitrogen and oxygen atoms in total.